The minimum Gasteiger partial charge on any atom is -0.334 e. The summed E-state index contributed by atoms with van der Waals surface area (Å²) in [4.78, 5) is 29.1. The third-order valence-electron chi connectivity index (χ3n) is 4.28. The van der Waals surface area contributed by atoms with Crippen molar-refractivity contribution < 1.29 is 14.1 Å². The summed E-state index contributed by atoms with van der Waals surface area (Å²) < 4.78 is 13.1. The van der Waals surface area contributed by atoms with Crippen LogP contribution < -0.4 is 0 Å². The number of hydrogen-bond donors (Lipinski definition) is 0. The van der Waals surface area contributed by atoms with Gasteiger partial charge in [-0.2, -0.15) is 0 Å². The second kappa shape index (κ2) is 7.63. The maximum Gasteiger partial charge on any atom is 0.273 e. The third-order valence-corrected chi connectivity index (χ3v) is 5.17. The predicted molar refractivity (Wildman–Crippen MR) is 101 cm³/mol. The molecule has 0 aliphatic rings. The summed E-state index contributed by atoms with van der Waals surface area (Å²) in [6, 6.07) is 11.7. The van der Waals surface area contributed by atoms with Gasteiger partial charge in [0.2, 0.25) is 0 Å². The van der Waals surface area contributed by atoms with Crippen LogP contribution in [0.2, 0.25) is 0 Å². The molecule has 1 heterocycles. The van der Waals surface area contributed by atoms with Crippen molar-refractivity contribution in [2.75, 3.05) is 7.05 Å². The highest BCUT2D eigenvalue weighted by atomic mass is 32.1. The van der Waals surface area contributed by atoms with Crippen molar-refractivity contribution in [2.24, 2.45) is 0 Å². The lowest BCUT2D eigenvalue weighted by Gasteiger charge is -2.24. The summed E-state index contributed by atoms with van der Waals surface area (Å²) in [5, 5.41) is 13.2. The molecule has 1 unspecified atom stereocenters. The number of carbonyl (C=O) groups is 1. The molecule has 6 nitrogen and oxygen atoms in total. The molecule has 0 radical (unpaired) electrons. The maximum absolute atomic E-state index is 13.1. The number of benzene rings is 2. The number of hydrogen-bond acceptors (Lipinski definition) is 5. The largest absolute Gasteiger partial charge is 0.334 e. The highest BCUT2D eigenvalue weighted by Gasteiger charge is 2.22. The van der Waals surface area contributed by atoms with E-state index < -0.39 is 4.92 Å². The van der Waals surface area contributed by atoms with E-state index in [4.69, 9.17) is 0 Å². The quantitative estimate of drug-likeness (QED) is 0.472. The van der Waals surface area contributed by atoms with E-state index in [-0.39, 0.29) is 29.1 Å². The first kappa shape index (κ1) is 18.7. The number of amides is 1. The SMILES string of the molecule is CC(c1cccc([N+](=O)[O-])c1)N(C)C(=O)c1csc(-c2ccc(F)cc2)n1. The lowest BCUT2D eigenvalue weighted by molar-refractivity contribution is -0.384. The normalized spacial score (nSPS) is 11.8. The summed E-state index contributed by atoms with van der Waals surface area (Å²) in [6.45, 7) is 1.80. The molecule has 3 rings (SSSR count). The number of carbonyl (C=O) groups excluding carboxylic acids is 1. The smallest absolute Gasteiger partial charge is 0.273 e. The van der Waals surface area contributed by atoms with Gasteiger partial charge < -0.3 is 4.90 Å². The highest BCUT2D eigenvalue weighted by molar-refractivity contribution is 7.13. The molecule has 0 bridgehead atoms. The Bertz CT molecular complexity index is 988. The van der Waals surface area contributed by atoms with Crippen LogP contribution in [0.4, 0.5) is 10.1 Å². The van der Waals surface area contributed by atoms with Crippen LogP contribution >= 0.6 is 11.3 Å². The van der Waals surface area contributed by atoms with E-state index in [2.05, 4.69) is 4.98 Å². The number of nitrogens with zero attached hydrogens (tertiary/aromatic N) is 3. The Kier molecular flexibility index (Phi) is 5.27. The topological polar surface area (TPSA) is 76.3 Å². The summed E-state index contributed by atoms with van der Waals surface area (Å²) in [5.74, 6) is -0.629. The van der Waals surface area contributed by atoms with Gasteiger partial charge in [-0.3, -0.25) is 14.9 Å². The van der Waals surface area contributed by atoms with Crippen molar-refractivity contribution in [1.29, 1.82) is 0 Å². The zero-order valence-electron chi connectivity index (χ0n) is 14.6. The van der Waals surface area contributed by atoms with Crippen molar-refractivity contribution in [3.8, 4) is 10.6 Å². The summed E-state index contributed by atoms with van der Waals surface area (Å²) in [7, 11) is 1.63. The van der Waals surface area contributed by atoms with Gasteiger partial charge >= 0.3 is 0 Å². The van der Waals surface area contributed by atoms with Gasteiger partial charge in [0.15, 0.2) is 0 Å². The lowest BCUT2D eigenvalue weighted by Crippen LogP contribution is -2.29. The first-order valence-corrected chi connectivity index (χ1v) is 8.98. The van der Waals surface area contributed by atoms with Gasteiger partial charge in [-0.1, -0.05) is 12.1 Å². The molecule has 0 aliphatic heterocycles. The first-order valence-electron chi connectivity index (χ1n) is 8.10. The molecule has 0 aliphatic carbocycles. The van der Waals surface area contributed by atoms with E-state index in [1.165, 1.54) is 40.5 Å². The molecule has 1 aromatic heterocycles. The summed E-state index contributed by atoms with van der Waals surface area (Å²) >= 11 is 1.30. The molecule has 0 N–H and O–H groups in total. The molecule has 1 amide bonds. The van der Waals surface area contributed by atoms with Crippen molar-refractivity contribution >= 4 is 22.9 Å². The van der Waals surface area contributed by atoms with Gasteiger partial charge in [0, 0.05) is 30.1 Å². The average Bonchev–Trinajstić information content (AvgIpc) is 3.17. The average molecular weight is 385 g/mol. The molecule has 0 saturated carbocycles. The third kappa shape index (κ3) is 4.01. The molecule has 0 saturated heterocycles. The Labute approximate surface area is 159 Å². The van der Waals surface area contributed by atoms with E-state index in [1.54, 1.807) is 43.6 Å². The van der Waals surface area contributed by atoms with Crippen LogP contribution in [-0.4, -0.2) is 27.8 Å². The lowest BCUT2D eigenvalue weighted by atomic mass is 10.1. The van der Waals surface area contributed by atoms with Crippen LogP contribution in [0.15, 0.2) is 53.9 Å². The minimum absolute atomic E-state index is 0.0209. The monoisotopic (exact) mass is 385 g/mol. The zero-order chi connectivity index (χ0) is 19.6. The molecule has 0 fully saturated rings. The molecular weight excluding hydrogens is 369 g/mol. The molecule has 2 aromatic carbocycles. The van der Waals surface area contributed by atoms with E-state index >= 15 is 0 Å². The number of non-ortho nitro benzene ring substituents is 1. The molecule has 138 valence electrons. The van der Waals surface area contributed by atoms with Crippen molar-refractivity contribution in [3.63, 3.8) is 0 Å². The fourth-order valence-electron chi connectivity index (χ4n) is 2.58. The van der Waals surface area contributed by atoms with Crippen LogP contribution in [0.5, 0.6) is 0 Å². The second-order valence-electron chi connectivity index (χ2n) is 5.99. The highest BCUT2D eigenvalue weighted by Crippen LogP contribution is 2.27. The molecule has 0 spiro atoms. The van der Waals surface area contributed by atoms with Crippen molar-refractivity contribution in [3.05, 3.63) is 81.1 Å². The van der Waals surface area contributed by atoms with E-state index in [1.807, 2.05) is 0 Å². The van der Waals surface area contributed by atoms with Crippen molar-refractivity contribution in [1.82, 2.24) is 9.88 Å². The number of nitro benzene ring substituents is 1. The van der Waals surface area contributed by atoms with Crippen LogP contribution in [0, 0.1) is 15.9 Å². The predicted octanol–water partition coefficient (Wildman–Crippen LogP) is 4.69. The Morgan fingerprint density at radius 3 is 2.63 bits per heavy atom. The maximum atomic E-state index is 13.1. The Morgan fingerprint density at radius 1 is 1.26 bits per heavy atom. The Hall–Kier alpha value is -3.13. The Balaban J connectivity index is 1.80. The number of rotatable bonds is 5. The standard InChI is InChI=1S/C19H16FN3O3S/c1-12(14-4-3-5-16(10-14)23(25)26)22(2)19(24)17-11-27-18(21-17)13-6-8-15(20)9-7-13/h3-12H,1-2H3. The number of nitro groups is 1. The molecular formula is C19H16FN3O3S. The zero-order valence-corrected chi connectivity index (χ0v) is 15.4. The van der Waals surface area contributed by atoms with Gasteiger partial charge in [0.05, 0.1) is 11.0 Å². The second-order valence-corrected chi connectivity index (χ2v) is 6.85. The van der Waals surface area contributed by atoms with E-state index in [0.717, 1.165) is 5.56 Å². The summed E-state index contributed by atoms with van der Waals surface area (Å²) in [6.07, 6.45) is 0. The number of halogens is 1. The first-order chi connectivity index (χ1) is 12.9. The van der Waals surface area contributed by atoms with Crippen molar-refractivity contribution in [2.45, 2.75) is 13.0 Å². The number of thiazole rings is 1. The summed E-state index contributed by atoms with van der Waals surface area (Å²) in [5.41, 5.74) is 1.65. The van der Waals surface area contributed by atoms with Crippen LogP contribution in [0.3, 0.4) is 0 Å². The molecule has 1 atom stereocenters. The number of aromatic nitrogens is 1. The van der Waals surface area contributed by atoms with Crippen LogP contribution in [-0.2, 0) is 0 Å². The van der Waals surface area contributed by atoms with Crippen LogP contribution in [0.1, 0.15) is 29.0 Å². The molecule has 8 heteroatoms. The van der Waals surface area contributed by atoms with E-state index in [9.17, 15) is 19.3 Å². The van der Waals surface area contributed by atoms with Gasteiger partial charge in [0.25, 0.3) is 11.6 Å². The fraction of sp³-hybridized carbons (Fsp3) is 0.158. The molecule has 27 heavy (non-hydrogen) atoms. The van der Waals surface area contributed by atoms with Crippen LogP contribution in [0.25, 0.3) is 10.6 Å². The van der Waals surface area contributed by atoms with Gasteiger partial charge in [-0.15, -0.1) is 11.3 Å². The molecule has 3 aromatic rings. The fourth-order valence-corrected chi connectivity index (χ4v) is 3.38. The minimum atomic E-state index is -0.465. The van der Waals surface area contributed by atoms with Gasteiger partial charge in [-0.05, 0) is 36.8 Å². The van der Waals surface area contributed by atoms with E-state index in [0.29, 0.717) is 10.6 Å². The Morgan fingerprint density at radius 2 is 1.96 bits per heavy atom. The van der Waals surface area contributed by atoms with Gasteiger partial charge in [-0.25, -0.2) is 9.37 Å². The van der Waals surface area contributed by atoms with Gasteiger partial charge in [0.1, 0.15) is 16.5 Å².